The first kappa shape index (κ1) is 19.3. The zero-order valence-corrected chi connectivity index (χ0v) is 16.5. The molecule has 0 aliphatic rings. The summed E-state index contributed by atoms with van der Waals surface area (Å²) in [6.45, 7) is 3.26. The van der Waals surface area contributed by atoms with E-state index in [0.717, 1.165) is 11.3 Å². The molecule has 1 N–H and O–H groups in total. The Bertz CT molecular complexity index is 1300. The fraction of sp³-hybridized carbons (Fsp3) is 0.136. The van der Waals surface area contributed by atoms with Gasteiger partial charge in [-0.15, -0.1) is 0 Å². The summed E-state index contributed by atoms with van der Waals surface area (Å²) in [6, 6.07) is 14.2. The normalized spacial score (nSPS) is 10.9. The Hall–Kier alpha value is -4.07. The second-order valence-electron chi connectivity index (χ2n) is 6.99. The van der Waals surface area contributed by atoms with Crippen LogP contribution >= 0.6 is 0 Å². The van der Waals surface area contributed by atoms with E-state index < -0.39 is 0 Å². The van der Waals surface area contributed by atoms with Crippen LogP contribution in [0.25, 0.3) is 16.7 Å². The smallest absolute Gasteiger partial charge is 0.264 e. The maximum atomic E-state index is 12.8. The van der Waals surface area contributed by atoms with Gasteiger partial charge in [-0.05, 0) is 43.3 Å². The molecule has 4 aromatic rings. The van der Waals surface area contributed by atoms with E-state index in [4.69, 9.17) is 0 Å². The van der Waals surface area contributed by atoms with Crippen LogP contribution < -0.4 is 10.9 Å². The molecular formula is C22H19N5O3. The number of rotatable bonds is 5. The standard InChI is InChI=1S/C22H19N5O3/c1-14-3-9-18(10-4-14)27-21-19(11-24-27)22(30)26(13-23-21)12-20(29)16-5-7-17(8-6-16)25-15(2)28/h3-11,13H,12H2,1-2H3,(H,25,28). The van der Waals surface area contributed by atoms with E-state index in [2.05, 4.69) is 15.4 Å². The second-order valence-corrected chi connectivity index (χ2v) is 6.99. The topological polar surface area (TPSA) is 98.9 Å². The Morgan fingerprint density at radius 1 is 1.03 bits per heavy atom. The number of aromatic nitrogens is 4. The first-order chi connectivity index (χ1) is 14.4. The molecule has 4 rings (SSSR count). The number of ketones is 1. The molecule has 0 atom stereocenters. The lowest BCUT2D eigenvalue weighted by Gasteiger charge is -2.07. The third-order valence-corrected chi connectivity index (χ3v) is 4.67. The maximum absolute atomic E-state index is 12.8. The molecule has 2 aromatic carbocycles. The summed E-state index contributed by atoms with van der Waals surface area (Å²) in [6.07, 6.45) is 2.83. The highest BCUT2D eigenvalue weighted by Crippen LogP contribution is 2.15. The summed E-state index contributed by atoms with van der Waals surface area (Å²) in [5.74, 6) is -0.426. The number of amides is 1. The molecule has 0 unspecified atom stereocenters. The molecule has 0 radical (unpaired) electrons. The van der Waals surface area contributed by atoms with Gasteiger partial charge in [0, 0.05) is 18.2 Å². The van der Waals surface area contributed by atoms with Crippen LogP contribution in [0.4, 0.5) is 5.69 Å². The van der Waals surface area contributed by atoms with Crippen molar-refractivity contribution in [3.05, 3.63) is 82.5 Å². The van der Waals surface area contributed by atoms with Gasteiger partial charge in [-0.2, -0.15) is 5.10 Å². The van der Waals surface area contributed by atoms with Crippen molar-refractivity contribution in [1.29, 1.82) is 0 Å². The Kier molecular flexibility index (Phi) is 4.97. The molecule has 1 amide bonds. The van der Waals surface area contributed by atoms with Crippen molar-refractivity contribution in [2.24, 2.45) is 0 Å². The largest absolute Gasteiger partial charge is 0.326 e. The van der Waals surface area contributed by atoms with Gasteiger partial charge in [-0.25, -0.2) is 9.67 Å². The third-order valence-electron chi connectivity index (χ3n) is 4.67. The Morgan fingerprint density at radius 2 is 1.73 bits per heavy atom. The van der Waals surface area contributed by atoms with Gasteiger partial charge in [-0.1, -0.05) is 17.7 Å². The van der Waals surface area contributed by atoms with Gasteiger partial charge in [0.25, 0.3) is 5.56 Å². The zero-order chi connectivity index (χ0) is 21.3. The molecule has 30 heavy (non-hydrogen) atoms. The van der Waals surface area contributed by atoms with E-state index in [0.29, 0.717) is 22.3 Å². The number of aryl methyl sites for hydroxylation is 1. The van der Waals surface area contributed by atoms with Crippen molar-refractivity contribution in [3.8, 4) is 5.69 Å². The number of anilines is 1. The number of nitrogens with one attached hydrogen (secondary N) is 1. The fourth-order valence-corrected chi connectivity index (χ4v) is 3.12. The van der Waals surface area contributed by atoms with E-state index in [1.54, 1.807) is 28.9 Å². The van der Waals surface area contributed by atoms with Crippen molar-refractivity contribution in [3.63, 3.8) is 0 Å². The molecule has 2 aromatic heterocycles. The maximum Gasteiger partial charge on any atom is 0.264 e. The van der Waals surface area contributed by atoms with Crippen molar-refractivity contribution in [2.75, 3.05) is 5.32 Å². The molecule has 0 bridgehead atoms. The fourth-order valence-electron chi connectivity index (χ4n) is 3.12. The van der Waals surface area contributed by atoms with Crippen LogP contribution in [0.3, 0.4) is 0 Å². The van der Waals surface area contributed by atoms with Gasteiger partial charge in [0.2, 0.25) is 5.91 Å². The summed E-state index contributed by atoms with van der Waals surface area (Å²) in [4.78, 5) is 40.9. The summed E-state index contributed by atoms with van der Waals surface area (Å²) in [7, 11) is 0. The molecule has 0 fully saturated rings. The highest BCUT2D eigenvalue weighted by atomic mass is 16.2. The number of nitrogens with zero attached hydrogens (tertiary/aromatic N) is 4. The summed E-state index contributed by atoms with van der Waals surface area (Å²) >= 11 is 0. The van der Waals surface area contributed by atoms with Crippen molar-refractivity contribution >= 4 is 28.4 Å². The van der Waals surface area contributed by atoms with E-state index in [-0.39, 0.29) is 23.8 Å². The second kappa shape index (κ2) is 7.75. The van der Waals surface area contributed by atoms with Crippen LogP contribution in [0.2, 0.25) is 0 Å². The predicted molar refractivity (Wildman–Crippen MR) is 113 cm³/mol. The number of benzene rings is 2. The zero-order valence-electron chi connectivity index (χ0n) is 16.5. The van der Waals surface area contributed by atoms with Gasteiger partial charge < -0.3 is 5.32 Å². The molecule has 8 nitrogen and oxygen atoms in total. The molecule has 2 heterocycles. The van der Waals surface area contributed by atoms with Crippen LogP contribution in [-0.2, 0) is 11.3 Å². The average molecular weight is 401 g/mol. The number of carbonyl (C=O) groups is 2. The molecule has 0 saturated carbocycles. The van der Waals surface area contributed by atoms with Gasteiger partial charge in [-0.3, -0.25) is 19.0 Å². The lowest BCUT2D eigenvalue weighted by molar-refractivity contribution is -0.114. The third kappa shape index (κ3) is 3.75. The number of hydrogen-bond acceptors (Lipinski definition) is 5. The van der Waals surface area contributed by atoms with Crippen LogP contribution in [0.5, 0.6) is 0 Å². The number of hydrogen-bond donors (Lipinski definition) is 1. The molecule has 150 valence electrons. The van der Waals surface area contributed by atoms with Crippen molar-refractivity contribution in [1.82, 2.24) is 19.3 Å². The minimum Gasteiger partial charge on any atom is -0.326 e. The predicted octanol–water partition coefficient (Wildman–Crippen LogP) is 2.73. The van der Waals surface area contributed by atoms with Crippen molar-refractivity contribution < 1.29 is 9.59 Å². The molecule has 0 spiro atoms. The SMILES string of the molecule is CC(=O)Nc1ccc(C(=O)Cn2cnc3c(cnn3-c3ccc(C)cc3)c2=O)cc1. The Balaban J connectivity index is 1.60. The monoisotopic (exact) mass is 401 g/mol. The number of fused-ring (bicyclic) bond motifs is 1. The first-order valence-corrected chi connectivity index (χ1v) is 9.33. The average Bonchev–Trinajstić information content (AvgIpc) is 3.15. The molecule has 0 aliphatic heterocycles. The van der Waals surface area contributed by atoms with E-state index >= 15 is 0 Å². The quantitative estimate of drug-likeness (QED) is 0.519. The van der Waals surface area contributed by atoms with Gasteiger partial charge in [0.15, 0.2) is 11.4 Å². The van der Waals surface area contributed by atoms with Crippen LogP contribution in [0, 0.1) is 6.92 Å². The van der Waals surface area contributed by atoms with Crippen molar-refractivity contribution in [2.45, 2.75) is 20.4 Å². The minimum atomic E-state index is -0.332. The van der Waals surface area contributed by atoms with E-state index in [1.165, 1.54) is 24.0 Å². The number of Topliss-reactive ketones (excluding diaryl/α,β-unsaturated/α-hetero) is 1. The summed E-state index contributed by atoms with van der Waals surface area (Å²) in [5, 5.41) is 7.27. The Morgan fingerprint density at radius 3 is 2.40 bits per heavy atom. The van der Waals surface area contributed by atoms with E-state index in [1.807, 2.05) is 31.2 Å². The van der Waals surface area contributed by atoms with Crippen LogP contribution in [-0.4, -0.2) is 31.0 Å². The van der Waals surface area contributed by atoms with Gasteiger partial charge >= 0.3 is 0 Å². The number of carbonyl (C=O) groups excluding carboxylic acids is 2. The molecular weight excluding hydrogens is 382 g/mol. The minimum absolute atomic E-state index is 0.142. The van der Waals surface area contributed by atoms with E-state index in [9.17, 15) is 14.4 Å². The van der Waals surface area contributed by atoms with Gasteiger partial charge in [0.1, 0.15) is 11.7 Å². The Labute approximate surface area is 171 Å². The molecule has 0 saturated heterocycles. The van der Waals surface area contributed by atoms with Gasteiger partial charge in [0.05, 0.1) is 18.4 Å². The first-order valence-electron chi connectivity index (χ1n) is 9.33. The molecule has 0 aliphatic carbocycles. The highest BCUT2D eigenvalue weighted by Gasteiger charge is 2.14. The van der Waals surface area contributed by atoms with Crippen LogP contribution in [0.15, 0.2) is 65.8 Å². The lowest BCUT2D eigenvalue weighted by Crippen LogP contribution is -2.24. The summed E-state index contributed by atoms with van der Waals surface area (Å²) in [5.41, 5.74) is 3.06. The lowest BCUT2D eigenvalue weighted by atomic mass is 10.1. The summed E-state index contributed by atoms with van der Waals surface area (Å²) < 4.78 is 2.87. The highest BCUT2D eigenvalue weighted by molar-refractivity contribution is 5.97. The van der Waals surface area contributed by atoms with Crippen LogP contribution in [0.1, 0.15) is 22.8 Å². The molecule has 8 heteroatoms.